The molecule has 0 amide bonds. The Labute approximate surface area is 469 Å². The number of azo groups is 2. The Morgan fingerprint density at radius 3 is 1.29 bits per heavy atom. The molecule has 346 valence electrons. The van der Waals surface area contributed by atoms with Gasteiger partial charge < -0.3 is 19.3 Å². The van der Waals surface area contributed by atoms with E-state index in [4.69, 9.17) is 9.97 Å². The first-order valence-corrected chi connectivity index (χ1v) is 26.8. The second kappa shape index (κ2) is 20.2. The normalized spacial score (nSPS) is 12.2. The van der Waals surface area contributed by atoms with Crippen LogP contribution in [0, 0.1) is 13.8 Å². The van der Waals surface area contributed by atoms with E-state index in [1.54, 1.807) is 62.4 Å². The number of aryl methyl sites for hydroxylation is 2. The zero-order chi connectivity index (χ0) is 48.6. The molecule has 0 atom stereocenters. The number of aromatic nitrogens is 4. The van der Waals surface area contributed by atoms with Gasteiger partial charge in [0.25, 0.3) is 0 Å². The maximum Gasteiger partial charge on any atom is 1.00 e. The van der Waals surface area contributed by atoms with Crippen molar-refractivity contribution in [3.63, 3.8) is 0 Å². The van der Waals surface area contributed by atoms with Gasteiger partial charge in [0.2, 0.25) is 0 Å². The minimum Gasteiger partial charge on any atom is -0.744 e. The van der Waals surface area contributed by atoms with Gasteiger partial charge in [0.05, 0.1) is 62.0 Å². The van der Waals surface area contributed by atoms with Crippen molar-refractivity contribution in [1.82, 2.24) is 19.9 Å². The van der Waals surface area contributed by atoms with Crippen molar-refractivity contribution in [1.29, 1.82) is 0 Å². The monoisotopic (exact) mass is 1080 g/mol. The number of hydrogen-bond acceptors (Lipinski definition) is 20. The van der Waals surface area contributed by atoms with Crippen molar-refractivity contribution < 1.29 is 95.3 Å². The van der Waals surface area contributed by atoms with Gasteiger partial charge in [-0.25, -0.2) is 36.8 Å². The summed E-state index contributed by atoms with van der Waals surface area (Å²) in [5.41, 5.74) is 7.13. The van der Waals surface area contributed by atoms with Crippen LogP contribution in [0.3, 0.4) is 0 Å². The molecule has 0 fully saturated rings. The zero-order valence-electron chi connectivity index (χ0n) is 37.9. The molecule has 0 aliphatic heterocycles. The first-order valence-electron chi connectivity index (χ1n) is 20.7. The molecule has 0 saturated carbocycles. The van der Waals surface area contributed by atoms with Gasteiger partial charge in [-0.2, -0.15) is 10.2 Å². The smallest absolute Gasteiger partial charge is 0.744 e. The van der Waals surface area contributed by atoms with Gasteiger partial charge in [-0.1, -0.05) is 12.1 Å². The molecule has 0 spiro atoms. The number of nitrogens with zero attached hydrogens (tertiary/aromatic N) is 8. The number of benzene rings is 7. The molecule has 11 aromatic rings. The summed E-state index contributed by atoms with van der Waals surface area (Å²) in [4.78, 5) is 18.3. The number of rotatable bonds is 10. The molecular weight excluding hydrogens is 1050 g/mol. The third-order valence-corrected chi connectivity index (χ3v) is 17.8. The van der Waals surface area contributed by atoms with Crippen molar-refractivity contribution in [3.05, 3.63) is 132 Å². The molecule has 7 aromatic carbocycles. The molecule has 0 unspecified atom stereocenters. The molecule has 72 heavy (non-hydrogen) atoms. The van der Waals surface area contributed by atoms with Gasteiger partial charge in [0.1, 0.15) is 51.7 Å². The van der Waals surface area contributed by atoms with Crippen molar-refractivity contribution in [2.45, 2.75) is 23.6 Å². The summed E-state index contributed by atoms with van der Waals surface area (Å²) in [6, 6.07) is 35.0. The summed E-state index contributed by atoms with van der Waals surface area (Å²) in [7, 11) is -9.38. The van der Waals surface area contributed by atoms with Crippen LogP contribution in [0.15, 0.2) is 152 Å². The Kier molecular flexibility index (Phi) is 14.5. The Hall–Kier alpha value is -5.28. The SMILES string of the molecule is Cc1ccc2nc(-c3ccc4nc(-c5ccc(N=Nc6ccc(O)c(N=Nc7ccc(-c8nc9ccc(-c%10nc%11ccc(C)c(S(=O)(=O)[O-])c%11s%10)cc9s8)cc7)c6O)cc5)sc4c3)sc2c1S(=O)(=O)[O-].[Na+].[Na+]. The van der Waals surface area contributed by atoms with Crippen LogP contribution in [0.1, 0.15) is 11.1 Å². The number of phenols is 2. The topological polar surface area (TPSA) is 256 Å². The third-order valence-electron chi connectivity index (χ3n) is 11.1. The van der Waals surface area contributed by atoms with E-state index < -0.39 is 26.0 Å². The average molecular weight is 1080 g/mol. The maximum absolute atomic E-state index is 12.0. The van der Waals surface area contributed by atoms with Crippen LogP contribution in [-0.2, 0) is 20.2 Å². The average Bonchev–Trinajstić information content (AvgIpc) is 4.15. The molecule has 0 aliphatic carbocycles. The third kappa shape index (κ3) is 10.0. The van der Waals surface area contributed by atoms with Crippen LogP contribution < -0.4 is 59.1 Å². The molecule has 4 aromatic heterocycles. The number of hydrogen-bond donors (Lipinski definition) is 2. The summed E-state index contributed by atoms with van der Waals surface area (Å²) < 4.78 is 74.6. The minimum absolute atomic E-state index is 0. The van der Waals surface area contributed by atoms with Gasteiger partial charge >= 0.3 is 59.1 Å². The Morgan fingerprint density at radius 2 is 0.847 bits per heavy atom. The Morgan fingerprint density at radius 1 is 0.458 bits per heavy atom. The molecule has 0 aliphatic rings. The number of thiazole rings is 4. The summed E-state index contributed by atoms with van der Waals surface area (Å²) in [6.45, 7) is 3.18. The van der Waals surface area contributed by atoms with E-state index in [-0.39, 0.29) is 86.0 Å². The first kappa shape index (κ1) is 51.6. The van der Waals surface area contributed by atoms with Gasteiger partial charge in [0.15, 0.2) is 11.4 Å². The Bertz CT molecular complexity index is 4250. The Balaban J connectivity index is 0.00000320. The fourth-order valence-corrected chi connectivity index (χ4v) is 14.2. The van der Waals surface area contributed by atoms with Crippen molar-refractivity contribution in [2.24, 2.45) is 20.5 Å². The van der Waals surface area contributed by atoms with E-state index in [0.717, 1.165) is 75.4 Å². The summed E-state index contributed by atoms with van der Waals surface area (Å²) in [6.07, 6.45) is 0. The first-order chi connectivity index (χ1) is 33.5. The van der Waals surface area contributed by atoms with E-state index in [0.29, 0.717) is 53.0 Å². The largest absolute Gasteiger partial charge is 1.00 e. The zero-order valence-corrected chi connectivity index (χ0v) is 46.8. The van der Waals surface area contributed by atoms with E-state index in [1.165, 1.54) is 34.8 Å². The molecule has 24 heteroatoms. The minimum atomic E-state index is -4.69. The van der Waals surface area contributed by atoms with Crippen LogP contribution >= 0.6 is 45.3 Å². The van der Waals surface area contributed by atoms with Gasteiger partial charge in [-0.3, -0.25) is 0 Å². The van der Waals surface area contributed by atoms with Crippen molar-refractivity contribution in [2.75, 3.05) is 0 Å². The predicted octanol–water partition coefficient (Wildman–Crippen LogP) is 7.47. The predicted molar refractivity (Wildman–Crippen MR) is 271 cm³/mol. The fourth-order valence-electron chi connectivity index (χ4n) is 7.66. The molecule has 0 saturated heterocycles. The van der Waals surface area contributed by atoms with Crippen LogP contribution in [0.25, 0.3) is 83.2 Å². The van der Waals surface area contributed by atoms with E-state index >= 15 is 0 Å². The van der Waals surface area contributed by atoms with Crippen molar-refractivity contribution in [3.8, 4) is 53.8 Å². The van der Waals surface area contributed by atoms with E-state index in [1.807, 2.05) is 60.7 Å². The summed E-state index contributed by atoms with van der Waals surface area (Å²) in [5, 5.41) is 41.2. The second-order valence-electron chi connectivity index (χ2n) is 15.8. The maximum atomic E-state index is 12.0. The summed E-state index contributed by atoms with van der Waals surface area (Å²) in [5.74, 6) is -0.731. The van der Waals surface area contributed by atoms with Crippen LogP contribution in [0.2, 0.25) is 0 Å². The van der Waals surface area contributed by atoms with Gasteiger partial charge in [-0.05, 0) is 134 Å². The molecule has 2 N–H and O–H groups in total. The summed E-state index contributed by atoms with van der Waals surface area (Å²) >= 11 is 5.24. The van der Waals surface area contributed by atoms with Crippen LogP contribution in [-0.4, -0.2) is 56.1 Å². The number of fused-ring (bicyclic) bond motifs is 4. The molecule has 11 rings (SSSR count). The molecule has 16 nitrogen and oxygen atoms in total. The van der Waals surface area contributed by atoms with Crippen LogP contribution in [0.5, 0.6) is 11.5 Å². The standard InChI is InChI=1S/C48H30N8O8S6.2Na/c1-23-3-15-34-41(43(23)69(59,60)61)67-47(51-34)27-9-17-31-37(21-27)65-45(49-31)25-5-11-29(12-6-25)53-55-33-19-20-36(57)39(40(33)58)56-54-30-13-7-26(8-14-30)46-50-32-18-10-28(22-38(32)66-46)48-52-35-16-4-24(2)44(42(35)68-48)70(62,63)64;;/h3-22,57-58H,1-2H3,(H,59,60,61)(H,62,63,64);;/q;2*+1/p-2. The molecule has 4 heterocycles. The molecular formula is C48H28N8Na2O8S6. The van der Waals surface area contributed by atoms with Gasteiger partial charge in [0, 0.05) is 22.3 Å². The number of aromatic hydroxyl groups is 2. The van der Waals surface area contributed by atoms with Crippen LogP contribution in [0.4, 0.5) is 22.7 Å². The van der Waals surface area contributed by atoms with Gasteiger partial charge in [-0.15, -0.1) is 55.6 Å². The quantitative estimate of drug-likeness (QED) is 0.0768. The van der Waals surface area contributed by atoms with E-state index in [9.17, 15) is 36.2 Å². The second-order valence-corrected chi connectivity index (χ2v) is 22.5. The molecule has 0 bridgehead atoms. The molecule has 0 radical (unpaired) electrons. The van der Waals surface area contributed by atoms with Crippen molar-refractivity contribution >= 4 is 129 Å². The fraction of sp³-hybridized carbons (Fsp3) is 0.0417. The number of phenolic OH excluding ortho intramolecular Hbond substituents is 2. The van der Waals surface area contributed by atoms with E-state index in [2.05, 4.69) is 30.4 Å².